The minimum atomic E-state index is -2.70. The average Bonchev–Trinajstić information content (AvgIpc) is 2.91. The van der Waals surface area contributed by atoms with E-state index in [0.717, 1.165) is 36.9 Å². The third kappa shape index (κ3) is 3.16. The number of pyridine rings is 1. The van der Waals surface area contributed by atoms with Gasteiger partial charge in [-0.2, -0.15) is 4.52 Å². The SMILES string of the molecule is FC(F)c1nnc2ccc(N3CCCC(c4ccncc4)CC3)nn12. The standard InChI is InChI=1S/C17H18F2N6/c18-16(19)17-22-21-14-3-4-15(23-25(14)17)24-10-1-2-12(7-11-24)13-5-8-20-9-6-13/h3-6,8-9,12,16H,1-2,7,10-11H2. The Morgan fingerprint density at radius 1 is 1.00 bits per heavy atom. The Hall–Kier alpha value is -2.64. The maximum Gasteiger partial charge on any atom is 0.299 e. The molecule has 1 atom stereocenters. The molecule has 1 fully saturated rings. The summed E-state index contributed by atoms with van der Waals surface area (Å²) in [5.41, 5.74) is 1.64. The van der Waals surface area contributed by atoms with Crippen LogP contribution in [0.4, 0.5) is 14.6 Å². The first kappa shape index (κ1) is 15.9. The number of nitrogens with zero attached hydrogens (tertiary/aromatic N) is 6. The van der Waals surface area contributed by atoms with Crippen LogP contribution in [0.2, 0.25) is 0 Å². The summed E-state index contributed by atoms with van der Waals surface area (Å²) < 4.78 is 27.2. The molecule has 1 saturated heterocycles. The molecule has 8 heteroatoms. The first-order chi connectivity index (χ1) is 12.2. The van der Waals surface area contributed by atoms with Gasteiger partial charge < -0.3 is 4.90 Å². The molecule has 1 unspecified atom stereocenters. The lowest BCUT2D eigenvalue weighted by Gasteiger charge is -2.21. The number of hydrogen-bond acceptors (Lipinski definition) is 5. The van der Waals surface area contributed by atoms with Crippen molar-refractivity contribution in [1.82, 2.24) is 24.8 Å². The van der Waals surface area contributed by atoms with Crippen molar-refractivity contribution < 1.29 is 8.78 Å². The molecule has 0 N–H and O–H groups in total. The van der Waals surface area contributed by atoms with Crippen LogP contribution in [0, 0.1) is 0 Å². The maximum absolute atomic E-state index is 13.0. The summed E-state index contributed by atoms with van der Waals surface area (Å²) in [5.74, 6) is 0.759. The summed E-state index contributed by atoms with van der Waals surface area (Å²) in [4.78, 5) is 6.22. The van der Waals surface area contributed by atoms with Crippen LogP contribution in [0.5, 0.6) is 0 Å². The molecule has 3 aromatic heterocycles. The van der Waals surface area contributed by atoms with E-state index in [2.05, 4.69) is 37.3 Å². The Balaban J connectivity index is 1.56. The van der Waals surface area contributed by atoms with Gasteiger partial charge in [0.1, 0.15) is 5.82 Å². The summed E-state index contributed by atoms with van der Waals surface area (Å²) in [6.07, 6.45) is 4.07. The van der Waals surface area contributed by atoms with Gasteiger partial charge in [-0.15, -0.1) is 15.3 Å². The fourth-order valence-corrected chi connectivity index (χ4v) is 3.39. The topological polar surface area (TPSA) is 59.2 Å². The summed E-state index contributed by atoms with van der Waals surface area (Å²) in [6, 6.07) is 7.64. The van der Waals surface area contributed by atoms with E-state index in [4.69, 9.17) is 0 Å². The third-order valence-electron chi connectivity index (χ3n) is 4.70. The van der Waals surface area contributed by atoms with E-state index in [1.54, 1.807) is 6.07 Å². The predicted octanol–water partition coefficient (Wildman–Crippen LogP) is 3.23. The van der Waals surface area contributed by atoms with Crippen molar-refractivity contribution in [3.63, 3.8) is 0 Å². The second kappa shape index (κ2) is 6.70. The Kier molecular flexibility index (Phi) is 4.25. The molecular weight excluding hydrogens is 326 g/mol. The molecule has 130 valence electrons. The van der Waals surface area contributed by atoms with Gasteiger partial charge in [-0.3, -0.25) is 4.98 Å². The van der Waals surface area contributed by atoms with Gasteiger partial charge in [0.25, 0.3) is 6.43 Å². The number of fused-ring (bicyclic) bond motifs is 1. The number of hydrogen-bond donors (Lipinski definition) is 0. The van der Waals surface area contributed by atoms with E-state index < -0.39 is 12.2 Å². The lowest BCUT2D eigenvalue weighted by molar-refractivity contribution is 0.137. The predicted molar refractivity (Wildman–Crippen MR) is 88.8 cm³/mol. The highest BCUT2D eigenvalue weighted by Crippen LogP contribution is 2.29. The lowest BCUT2D eigenvalue weighted by atomic mass is 9.93. The van der Waals surface area contributed by atoms with Gasteiger partial charge in [-0.25, -0.2) is 8.78 Å². The number of anilines is 1. The lowest BCUT2D eigenvalue weighted by Crippen LogP contribution is -2.25. The number of rotatable bonds is 3. The molecule has 0 spiro atoms. The van der Waals surface area contributed by atoms with Gasteiger partial charge in [0.15, 0.2) is 5.65 Å². The van der Waals surface area contributed by atoms with Crippen LogP contribution < -0.4 is 4.90 Å². The Morgan fingerprint density at radius 3 is 2.64 bits per heavy atom. The highest BCUT2D eigenvalue weighted by Gasteiger charge is 2.21. The second-order valence-corrected chi connectivity index (χ2v) is 6.22. The average molecular weight is 344 g/mol. The molecule has 0 bridgehead atoms. The van der Waals surface area contributed by atoms with Gasteiger partial charge >= 0.3 is 0 Å². The number of aromatic nitrogens is 5. The third-order valence-corrected chi connectivity index (χ3v) is 4.70. The van der Waals surface area contributed by atoms with Crippen molar-refractivity contribution in [3.8, 4) is 0 Å². The van der Waals surface area contributed by atoms with Crippen LogP contribution >= 0.6 is 0 Å². The highest BCUT2D eigenvalue weighted by molar-refractivity contribution is 5.46. The summed E-state index contributed by atoms with van der Waals surface area (Å²) >= 11 is 0. The molecule has 0 radical (unpaired) electrons. The fraction of sp³-hybridized carbons (Fsp3) is 0.412. The number of halogens is 2. The second-order valence-electron chi connectivity index (χ2n) is 6.22. The van der Waals surface area contributed by atoms with E-state index in [1.165, 1.54) is 5.56 Å². The zero-order valence-electron chi connectivity index (χ0n) is 13.6. The van der Waals surface area contributed by atoms with Crippen molar-refractivity contribution in [3.05, 3.63) is 48.0 Å². The molecule has 1 aliphatic rings. The summed E-state index contributed by atoms with van der Waals surface area (Å²) in [7, 11) is 0. The van der Waals surface area contributed by atoms with Crippen LogP contribution in [-0.2, 0) is 0 Å². The highest BCUT2D eigenvalue weighted by atomic mass is 19.3. The van der Waals surface area contributed by atoms with Crippen LogP contribution in [0.25, 0.3) is 5.65 Å². The Labute approximate surface area is 143 Å². The van der Waals surface area contributed by atoms with Gasteiger partial charge in [0, 0.05) is 25.5 Å². The molecule has 3 aromatic rings. The quantitative estimate of drug-likeness (QED) is 0.730. The van der Waals surface area contributed by atoms with Crippen molar-refractivity contribution in [2.24, 2.45) is 0 Å². The molecule has 0 saturated carbocycles. The molecule has 0 aromatic carbocycles. The minimum Gasteiger partial charge on any atom is -0.355 e. The van der Waals surface area contributed by atoms with E-state index in [0.29, 0.717) is 17.4 Å². The molecule has 4 rings (SSSR count). The Bertz CT molecular complexity index is 851. The summed E-state index contributed by atoms with van der Waals surface area (Å²) in [6.45, 7) is 1.68. The van der Waals surface area contributed by atoms with E-state index in [-0.39, 0.29) is 0 Å². The molecule has 6 nitrogen and oxygen atoms in total. The van der Waals surface area contributed by atoms with E-state index >= 15 is 0 Å². The zero-order valence-corrected chi connectivity index (χ0v) is 13.6. The molecule has 4 heterocycles. The molecule has 25 heavy (non-hydrogen) atoms. The van der Waals surface area contributed by atoms with Crippen LogP contribution in [0.1, 0.15) is 43.0 Å². The summed E-state index contributed by atoms with van der Waals surface area (Å²) in [5, 5.41) is 11.6. The largest absolute Gasteiger partial charge is 0.355 e. The molecular formula is C17H18F2N6. The van der Waals surface area contributed by atoms with Crippen LogP contribution in [0.15, 0.2) is 36.7 Å². The van der Waals surface area contributed by atoms with Crippen LogP contribution in [0.3, 0.4) is 0 Å². The van der Waals surface area contributed by atoms with Crippen molar-refractivity contribution in [2.75, 3.05) is 18.0 Å². The van der Waals surface area contributed by atoms with Gasteiger partial charge in [0.05, 0.1) is 0 Å². The monoisotopic (exact) mass is 344 g/mol. The molecule has 0 amide bonds. The van der Waals surface area contributed by atoms with Gasteiger partial charge in [0.2, 0.25) is 5.82 Å². The van der Waals surface area contributed by atoms with Crippen molar-refractivity contribution >= 4 is 11.5 Å². The van der Waals surface area contributed by atoms with Gasteiger partial charge in [-0.1, -0.05) is 0 Å². The minimum absolute atomic E-state index is 0.337. The van der Waals surface area contributed by atoms with Crippen molar-refractivity contribution in [2.45, 2.75) is 31.6 Å². The fourth-order valence-electron chi connectivity index (χ4n) is 3.39. The van der Waals surface area contributed by atoms with E-state index in [9.17, 15) is 8.78 Å². The van der Waals surface area contributed by atoms with Crippen molar-refractivity contribution in [1.29, 1.82) is 0 Å². The maximum atomic E-state index is 13.0. The van der Waals surface area contributed by atoms with Crippen LogP contribution in [-0.4, -0.2) is 37.9 Å². The van der Waals surface area contributed by atoms with E-state index in [1.807, 2.05) is 18.5 Å². The zero-order chi connectivity index (χ0) is 17.2. The molecule has 0 aliphatic carbocycles. The Morgan fingerprint density at radius 2 is 1.84 bits per heavy atom. The first-order valence-corrected chi connectivity index (χ1v) is 8.38. The smallest absolute Gasteiger partial charge is 0.299 e. The molecule has 1 aliphatic heterocycles. The first-order valence-electron chi connectivity index (χ1n) is 8.38. The normalized spacial score (nSPS) is 18.7. The number of alkyl halides is 2. The van der Waals surface area contributed by atoms with Gasteiger partial charge in [-0.05, 0) is 55.0 Å².